The van der Waals surface area contributed by atoms with Crippen LogP contribution in [-0.4, -0.2) is 33.1 Å². The molecule has 0 aliphatic carbocycles. The van der Waals surface area contributed by atoms with Gasteiger partial charge >= 0.3 is 5.97 Å². The van der Waals surface area contributed by atoms with Crippen LogP contribution in [0.25, 0.3) is 17.1 Å². The van der Waals surface area contributed by atoms with Crippen LogP contribution in [0, 0.1) is 0 Å². The second kappa shape index (κ2) is 8.12. The van der Waals surface area contributed by atoms with Gasteiger partial charge in [0.05, 0.1) is 22.8 Å². The van der Waals surface area contributed by atoms with E-state index < -0.39 is 5.25 Å². The SMILES string of the molecule is COC(=O)[C@H](C)Sc1nnc(-c2ccccc2Cl)n1-c1ccccc1Cl. The average molecular weight is 408 g/mol. The van der Waals surface area contributed by atoms with Crippen molar-refractivity contribution in [2.75, 3.05) is 7.11 Å². The van der Waals surface area contributed by atoms with Crippen LogP contribution in [0.1, 0.15) is 6.92 Å². The summed E-state index contributed by atoms with van der Waals surface area (Å²) in [5, 5.41) is 9.71. The normalized spacial score (nSPS) is 12.0. The summed E-state index contributed by atoms with van der Waals surface area (Å²) in [7, 11) is 1.35. The Kier molecular flexibility index (Phi) is 5.86. The van der Waals surface area contributed by atoms with Gasteiger partial charge in [0.25, 0.3) is 0 Å². The first-order valence-corrected chi connectivity index (χ1v) is 9.36. The number of carbonyl (C=O) groups is 1. The van der Waals surface area contributed by atoms with Crippen molar-refractivity contribution >= 4 is 40.9 Å². The molecular formula is C18H15Cl2N3O2S. The van der Waals surface area contributed by atoms with Gasteiger partial charge in [-0.2, -0.15) is 0 Å². The Morgan fingerprint density at radius 2 is 1.73 bits per heavy atom. The lowest BCUT2D eigenvalue weighted by molar-refractivity contribution is -0.139. The number of benzene rings is 2. The van der Waals surface area contributed by atoms with Gasteiger partial charge in [-0.3, -0.25) is 9.36 Å². The molecule has 0 amide bonds. The number of hydrogen-bond donors (Lipinski definition) is 0. The Labute approximate surface area is 165 Å². The molecule has 0 saturated carbocycles. The van der Waals surface area contributed by atoms with Gasteiger partial charge in [0.2, 0.25) is 0 Å². The summed E-state index contributed by atoms with van der Waals surface area (Å²) in [5.74, 6) is 0.200. The summed E-state index contributed by atoms with van der Waals surface area (Å²) in [5.41, 5.74) is 1.42. The first-order valence-electron chi connectivity index (χ1n) is 7.72. The molecule has 0 spiro atoms. The molecule has 0 radical (unpaired) electrons. The lowest BCUT2D eigenvalue weighted by Gasteiger charge is -2.14. The van der Waals surface area contributed by atoms with Crippen molar-refractivity contribution in [2.24, 2.45) is 0 Å². The van der Waals surface area contributed by atoms with Crippen LogP contribution in [0.5, 0.6) is 0 Å². The number of methoxy groups -OCH3 is 1. The number of nitrogens with zero attached hydrogens (tertiary/aromatic N) is 3. The summed E-state index contributed by atoms with van der Waals surface area (Å²) < 4.78 is 6.60. The van der Waals surface area contributed by atoms with Gasteiger partial charge in [0.1, 0.15) is 5.25 Å². The molecule has 3 rings (SSSR count). The second-order valence-corrected chi connectivity index (χ2v) is 7.48. The number of hydrogen-bond acceptors (Lipinski definition) is 5. The third-order valence-electron chi connectivity index (χ3n) is 3.66. The lowest BCUT2D eigenvalue weighted by Crippen LogP contribution is -2.15. The summed E-state index contributed by atoms with van der Waals surface area (Å²) in [6.45, 7) is 1.75. The van der Waals surface area contributed by atoms with Gasteiger partial charge < -0.3 is 4.74 Å². The number of carbonyl (C=O) groups excluding carboxylic acids is 1. The van der Waals surface area contributed by atoms with Gasteiger partial charge in [-0.1, -0.05) is 59.2 Å². The van der Waals surface area contributed by atoms with Gasteiger partial charge in [-0.15, -0.1) is 10.2 Å². The molecule has 0 aliphatic heterocycles. The van der Waals surface area contributed by atoms with E-state index in [2.05, 4.69) is 10.2 Å². The van der Waals surface area contributed by atoms with Crippen LogP contribution >= 0.6 is 35.0 Å². The number of esters is 1. The Hall–Kier alpha value is -2.02. The molecule has 5 nitrogen and oxygen atoms in total. The maximum atomic E-state index is 11.8. The van der Waals surface area contributed by atoms with Gasteiger partial charge in [0, 0.05) is 5.56 Å². The lowest BCUT2D eigenvalue weighted by atomic mass is 10.2. The predicted octanol–water partition coefficient (Wildman–Crippen LogP) is 4.89. The first-order chi connectivity index (χ1) is 12.5. The first kappa shape index (κ1) is 18.8. The number of halogens is 2. The molecule has 0 fully saturated rings. The average Bonchev–Trinajstić information content (AvgIpc) is 3.04. The van der Waals surface area contributed by atoms with Gasteiger partial charge in [-0.05, 0) is 31.2 Å². The van der Waals surface area contributed by atoms with E-state index in [1.165, 1.54) is 18.9 Å². The standard InChI is InChI=1S/C18H15Cl2N3O2S/c1-11(17(24)25-2)26-18-22-21-16(12-7-3-4-8-13(12)19)23(18)15-10-6-5-9-14(15)20/h3-11H,1-2H3/t11-/m0/s1. The van der Waals surface area contributed by atoms with Crippen molar-refractivity contribution in [1.82, 2.24) is 14.8 Å². The summed E-state index contributed by atoms with van der Waals surface area (Å²) in [6, 6.07) is 14.7. The zero-order valence-electron chi connectivity index (χ0n) is 14.0. The molecule has 1 aromatic heterocycles. The highest BCUT2D eigenvalue weighted by atomic mass is 35.5. The van der Waals surface area contributed by atoms with Crippen molar-refractivity contribution in [3.8, 4) is 17.1 Å². The highest BCUT2D eigenvalue weighted by Crippen LogP contribution is 2.35. The zero-order chi connectivity index (χ0) is 18.7. The number of para-hydroxylation sites is 1. The molecule has 3 aromatic rings. The largest absolute Gasteiger partial charge is 0.468 e. The quantitative estimate of drug-likeness (QED) is 0.444. The van der Waals surface area contributed by atoms with Crippen LogP contribution in [-0.2, 0) is 9.53 Å². The molecule has 1 atom stereocenters. The molecule has 8 heteroatoms. The Morgan fingerprint density at radius 1 is 1.08 bits per heavy atom. The number of thioether (sulfide) groups is 1. The van der Waals surface area contributed by atoms with E-state index in [4.69, 9.17) is 27.9 Å². The molecule has 0 N–H and O–H groups in total. The zero-order valence-corrected chi connectivity index (χ0v) is 16.3. The van der Waals surface area contributed by atoms with E-state index in [-0.39, 0.29) is 5.97 Å². The highest BCUT2D eigenvalue weighted by molar-refractivity contribution is 8.00. The van der Waals surface area contributed by atoms with Crippen LogP contribution in [0.2, 0.25) is 10.0 Å². The van der Waals surface area contributed by atoms with Crippen LogP contribution < -0.4 is 0 Å². The van der Waals surface area contributed by atoms with E-state index >= 15 is 0 Å². The second-order valence-electron chi connectivity index (χ2n) is 5.36. The molecule has 134 valence electrons. The van der Waals surface area contributed by atoms with Crippen LogP contribution in [0.4, 0.5) is 0 Å². The number of ether oxygens (including phenoxy) is 1. The maximum Gasteiger partial charge on any atom is 0.318 e. The topological polar surface area (TPSA) is 57.0 Å². The molecule has 2 aromatic carbocycles. The molecule has 0 unspecified atom stereocenters. The third-order valence-corrected chi connectivity index (χ3v) is 5.33. The van der Waals surface area contributed by atoms with E-state index in [1.807, 2.05) is 36.4 Å². The van der Waals surface area contributed by atoms with Crippen LogP contribution in [0.15, 0.2) is 53.7 Å². The van der Waals surface area contributed by atoms with Crippen molar-refractivity contribution < 1.29 is 9.53 Å². The van der Waals surface area contributed by atoms with E-state index in [1.54, 1.807) is 23.6 Å². The van der Waals surface area contributed by atoms with E-state index in [0.29, 0.717) is 26.7 Å². The maximum absolute atomic E-state index is 11.8. The van der Waals surface area contributed by atoms with Crippen molar-refractivity contribution in [3.63, 3.8) is 0 Å². The number of rotatable bonds is 5. The molecule has 0 aliphatic rings. The smallest absolute Gasteiger partial charge is 0.318 e. The van der Waals surface area contributed by atoms with E-state index in [9.17, 15) is 4.79 Å². The fourth-order valence-corrected chi connectivity index (χ4v) is 3.71. The fourth-order valence-electron chi connectivity index (χ4n) is 2.39. The van der Waals surface area contributed by atoms with Gasteiger partial charge in [0.15, 0.2) is 11.0 Å². The minimum absolute atomic E-state index is 0.344. The summed E-state index contributed by atoms with van der Waals surface area (Å²) in [6.07, 6.45) is 0. The van der Waals surface area contributed by atoms with Crippen LogP contribution in [0.3, 0.4) is 0 Å². The minimum Gasteiger partial charge on any atom is -0.468 e. The summed E-state index contributed by atoms with van der Waals surface area (Å²) in [4.78, 5) is 11.8. The van der Waals surface area contributed by atoms with Crippen molar-refractivity contribution in [2.45, 2.75) is 17.3 Å². The van der Waals surface area contributed by atoms with E-state index in [0.717, 1.165) is 5.56 Å². The molecule has 0 saturated heterocycles. The van der Waals surface area contributed by atoms with Crippen molar-refractivity contribution in [3.05, 3.63) is 58.6 Å². The summed E-state index contributed by atoms with van der Waals surface area (Å²) >= 11 is 14.0. The van der Waals surface area contributed by atoms with Gasteiger partial charge in [-0.25, -0.2) is 0 Å². The molecule has 26 heavy (non-hydrogen) atoms. The Balaban J connectivity index is 2.17. The minimum atomic E-state index is -0.454. The monoisotopic (exact) mass is 407 g/mol. The Bertz CT molecular complexity index is 946. The fraction of sp³-hybridized carbons (Fsp3) is 0.167. The molecule has 1 heterocycles. The molecular weight excluding hydrogens is 393 g/mol. The predicted molar refractivity (Wildman–Crippen MR) is 104 cm³/mol. The number of aromatic nitrogens is 3. The highest BCUT2D eigenvalue weighted by Gasteiger charge is 2.23. The third kappa shape index (κ3) is 3.72. The van der Waals surface area contributed by atoms with Crippen molar-refractivity contribution in [1.29, 1.82) is 0 Å². The Morgan fingerprint density at radius 3 is 2.38 bits per heavy atom. The molecule has 0 bridgehead atoms.